The second kappa shape index (κ2) is 15.6. The number of benzene rings is 2. The number of nitrogens with zero attached hydrogens (tertiary/aromatic N) is 4. The molecule has 0 bridgehead atoms. The molecule has 2 aliphatic rings. The lowest BCUT2D eigenvalue weighted by atomic mass is 10.0. The fourth-order valence-corrected chi connectivity index (χ4v) is 6.94. The molecule has 1 aromatic heterocycles. The molecule has 0 fully saturated rings. The standard InChI is InChI=1S/C34H47N5O8S/c1-23-16-39(24(2)20-40)34(41)28-15-27(36-48(42,43)33-19-38(5)21-35-33)10-12-29(28)47-25(3)8-6-7-13-44-32(23)18-37(4)17-26-9-11-30-31(14-26)46-22-45-30/h9-12,14-15,19,21,23-25,32,36,40H,6-8,13,16-18,20,22H2,1-5H3/t23-,24-,25-,32-/m0/s1. The normalized spacial score (nSPS) is 21.4. The molecule has 3 aromatic rings. The Bertz CT molecular complexity index is 1660. The average Bonchev–Trinajstić information content (AvgIpc) is 3.71. The third-order valence-electron chi connectivity index (χ3n) is 8.64. The molecular formula is C34H47N5O8S. The van der Waals surface area contributed by atoms with Crippen LogP contribution in [0.5, 0.6) is 17.2 Å². The summed E-state index contributed by atoms with van der Waals surface area (Å²) in [4.78, 5) is 22.2. The van der Waals surface area contributed by atoms with Crippen molar-refractivity contribution in [2.24, 2.45) is 13.0 Å². The lowest BCUT2D eigenvalue weighted by Crippen LogP contribution is -2.47. The van der Waals surface area contributed by atoms with Gasteiger partial charge >= 0.3 is 0 Å². The van der Waals surface area contributed by atoms with E-state index < -0.39 is 16.1 Å². The van der Waals surface area contributed by atoms with Gasteiger partial charge in [0.1, 0.15) is 5.75 Å². The molecule has 0 saturated heterocycles. The molecule has 2 aliphatic heterocycles. The zero-order chi connectivity index (χ0) is 34.4. The van der Waals surface area contributed by atoms with E-state index >= 15 is 0 Å². The first-order valence-corrected chi connectivity index (χ1v) is 17.8. The highest BCUT2D eigenvalue weighted by Crippen LogP contribution is 2.33. The number of likely N-dealkylation sites (N-methyl/N-ethyl adjacent to an activating group) is 1. The van der Waals surface area contributed by atoms with Crippen molar-refractivity contribution in [1.82, 2.24) is 19.4 Å². The fourth-order valence-electron chi connectivity index (χ4n) is 5.91. The molecule has 0 spiro atoms. The number of aryl methyl sites for hydroxylation is 1. The fraction of sp³-hybridized carbons (Fsp3) is 0.529. The number of aliphatic hydroxyl groups excluding tert-OH is 1. The average molecular weight is 686 g/mol. The van der Waals surface area contributed by atoms with Crippen molar-refractivity contribution in [2.45, 2.75) is 69.9 Å². The van der Waals surface area contributed by atoms with Gasteiger partial charge in [-0.2, -0.15) is 8.42 Å². The topological polar surface area (TPSA) is 145 Å². The highest BCUT2D eigenvalue weighted by molar-refractivity contribution is 7.92. The summed E-state index contributed by atoms with van der Waals surface area (Å²) in [6, 6.07) is 10.1. The Balaban J connectivity index is 1.40. The van der Waals surface area contributed by atoms with Crippen molar-refractivity contribution in [3.8, 4) is 17.2 Å². The maximum Gasteiger partial charge on any atom is 0.280 e. The highest BCUT2D eigenvalue weighted by Gasteiger charge is 2.31. The Morgan fingerprint density at radius 3 is 2.62 bits per heavy atom. The first kappa shape index (κ1) is 35.5. The van der Waals surface area contributed by atoms with Crippen molar-refractivity contribution in [2.75, 3.05) is 44.9 Å². The minimum atomic E-state index is -4.01. The number of fused-ring (bicyclic) bond motifs is 2. The van der Waals surface area contributed by atoms with Crippen LogP contribution in [0.1, 0.15) is 56.0 Å². The monoisotopic (exact) mass is 685 g/mol. The number of ether oxygens (including phenoxy) is 4. The van der Waals surface area contributed by atoms with Crippen molar-refractivity contribution in [3.63, 3.8) is 0 Å². The van der Waals surface area contributed by atoms with Crippen molar-refractivity contribution < 1.29 is 37.3 Å². The molecule has 5 rings (SSSR count). The largest absolute Gasteiger partial charge is 0.490 e. The van der Waals surface area contributed by atoms with Gasteiger partial charge in [-0.1, -0.05) is 13.0 Å². The van der Waals surface area contributed by atoms with Crippen molar-refractivity contribution in [1.29, 1.82) is 0 Å². The summed E-state index contributed by atoms with van der Waals surface area (Å²) in [5, 5.41) is 10.1. The van der Waals surface area contributed by atoms with Crippen molar-refractivity contribution in [3.05, 3.63) is 60.0 Å². The molecule has 262 valence electrons. The smallest absolute Gasteiger partial charge is 0.280 e. The van der Waals surface area contributed by atoms with Gasteiger partial charge in [-0.25, -0.2) is 4.98 Å². The van der Waals surface area contributed by atoms with E-state index in [1.54, 1.807) is 31.0 Å². The number of rotatable bonds is 9. The Labute approximate surface area is 282 Å². The number of aromatic nitrogens is 2. The van der Waals surface area contributed by atoms with Gasteiger partial charge in [0, 0.05) is 51.1 Å². The van der Waals surface area contributed by atoms with Crippen LogP contribution in [0.2, 0.25) is 0 Å². The SMILES string of the molecule is C[C@H]1CCCCO[C@@H](CN(C)Cc2ccc3c(c2)OCO3)[C@@H](C)CN([C@@H](C)CO)C(=O)c2cc(NS(=O)(=O)c3cn(C)cn3)ccc2O1. The van der Waals surface area contributed by atoms with Gasteiger partial charge in [0.15, 0.2) is 16.5 Å². The Hall–Kier alpha value is -3.85. The van der Waals surface area contributed by atoms with E-state index in [9.17, 15) is 18.3 Å². The van der Waals surface area contributed by atoms with Crippen LogP contribution in [0.3, 0.4) is 0 Å². The summed E-state index contributed by atoms with van der Waals surface area (Å²) in [6.07, 6.45) is 4.84. The van der Waals surface area contributed by atoms with Gasteiger partial charge in [-0.3, -0.25) is 14.4 Å². The summed E-state index contributed by atoms with van der Waals surface area (Å²) in [5.41, 5.74) is 1.48. The van der Waals surface area contributed by atoms with Crippen LogP contribution in [0.15, 0.2) is 53.9 Å². The number of hydrogen-bond acceptors (Lipinski definition) is 10. The zero-order valence-corrected chi connectivity index (χ0v) is 29.1. The molecule has 1 amide bonds. The van der Waals surface area contributed by atoms with Gasteiger partial charge in [0.25, 0.3) is 15.9 Å². The quantitative estimate of drug-likeness (QED) is 0.341. The van der Waals surface area contributed by atoms with Gasteiger partial charge in [0.05, 0.1) is 36.7 Å². The van der Waals surface area contributed by atoms with Crippen LogP contribution in [0.4, 0.5) is 5.69 Å². The molecule has 48 heavy (non-hydrogen) atoms. The van der Waals surface area contributed by atoms with Gasteiger partial charge < -0.3 is 33.5 Å². The molecule has 3 heterocycles. The maximum absolute atomic E-state index is 14.4. The van der Waals surface area contributed by atoms with Gasteiger partial charge in [0.2, 0.25) is 6.79 Å². The number of amides is 1. The predicted octanol–water partition coefficient (Wildman–Crippen LogP) is 3.88. The lowest BCUT2D eigenvalue weighted by molar-refractivity contribution is -0.0177. The zero-order valence-electron chi connectivity index (χ0n) is 28.3. The molecule has 0 unspecified atom stereocenters. The summed E-state index contributed by atoms with van der Waals surface area (Å²) >= 11 is 0. The number of anilines is 1. The summed E-state index contributed by atoms with van der Waals surface area (Å²) < 4.78 is 54.0. The third kappa shape index (κ3) is 8.78. The third-order valence-corrected chi connectivity index (χ3v) is 9.91. The number of nitrogens with one attached hydrogen (secondary N) is 1. The van der Waals surface area contributed by atoms with Crippen LogP contribution >= 0.6 is 0 Å². The minimum absolute atomic E-state index is 0.112. The number of sulfonamides is 1. The van der Waals surface area contributed by atoms with Crippen LogP contribution in [0, 0.1) is 5.92 Å². The van der Waals surface area contributed by atoms with Gasteiger partial charge in [-0.15, -0.1) is 0 Å². The van der Waals surface area contributed by atoms with E-state index in [4.69, 9.17) is 18.9 Å². The lowest BCUT2D eigenvalue weighted by Gasteiger charge is -2.36. The van der Waals surface area contributed by atoms with E-state index in [-0.39, 0.29) is 53.7 Å². The van der Waals surface area contributed by atoms with Crippen LogP contribution in [-0.4, -0.2) is 97.2 Å². The molecule has 0 radical (unpaired) electrons. The van der Waals surface area contributed by atoms with Gasteiger partial charge in [-0.05, 0) is 76.1 Å². The van der Waals surface area contributed by atoms with Crippen LogP contribution in [0.25, 0.3) is 0 Å². The Morgan fingerprint density at radius 1 is 1.10 bits per heavy atom. The Kier molecular flexibility index (Phi) is 11.5. The van der Waals surface area contributed by atoms with Crippen molar-refractivity contribution >= 4 is 21.6 Å². The van der Waals surface area contributed by atoms with Crippen LogP contribution in [-0.2, 0) is 28.4 Å². The maximum atomic E-state index is 14.4. The Morgan fingerprint density at radius 2 is 1.88 bits per heavy atom. The van der Waals surface area contributed by atoms with E-state index in [0.29, 0.717) is 32.0 Å². The number of imidazole rings is 1. The number of carbonyl (C=O) groups is 1. The number of aliphatic hydroxyl groups is 1. The van der Waals surface area contributed by atoms with E-state index in [1.165, 1.54) is 23.2 Å². The molecule has 2 aromatic carbocycles. The van der Waals surface area contributed by atoms with E-state index in [1.807, 2.05) is 39.1 Å². The van der Waals surface area contributed by atoms with E-state index in [2.05, 4.69) is 14.6 Å². The van der Waals surface area contributed by atoms with Crippen LogP contribution < -0.4 is 18.9 Å². The first-order valence-electron chi connectivity index (χ1n) is 16.4. The molecular weight excluding hydrogens is 638 g/mol. The molecule has 13 nitrogen and oxygen atoms in total. The first-order chi connectivity index (χ1) is 22.9. The summed E-state index contributed by atoms with van der Waals surface area (Å²) in [6.45, 7) is 7.88. The van der Waals surface area contributed by atoms with E-state index in [0.717, 1.165) is 36.3 Å². The molecule has 0 aliphatic carbocycles. The molecule has 2 N–H and O–H groups in total. The second-order valence-electron chi connectivity index (χ2n) is 12.9. The number of carbonyl (C=O) groups excluding carboxylic acids is 1. The second-order valence-corrected chi connectivity index (χ2v) is 14.5. The molecule has 0 saturated carbocycles. The summed E-state index contributed by atoms with van der Waals surface area (Å²) in [5.74, 6) is 1.34. The molecule has 14 heteroatoms. The summed E-state index contributed by atoms with van der Waals surface area (Å²) in [7, 11) is -0.290. The number of hydrogen-bond donors (Lipinski definition) is 2. The minimum Gasteiger partial charge on any atom is -0.490 e. The predicted molar refractivity (Wildman–Crippen MR) is 180 cm³/mol. The highest BCUT2D eigenvalue weighted by atomic mass is 32.2. The molecule has 4 atom stereocenters.